The first-order chi connectivity index (χ1) is 22.2. The molecule has 0 fully saturated rings. The van der Waals surface area contributed by atoms with E-state index in [0.29, 0.717) is 19.7 Å². The number of esters is 1. The summed E-state index contributed by atoms with van der Waals surface area (Å²) in [4.78, 5) is 22.0. The fraction of sp³-hybridized carbons (Fsp3) is 0.429. The highest BCUT2D eigenvalue weighted by molar-refractivity contribution is 7.17. The molecule has 0 radical (unpaired) electrons. The third-order valence-corrected chi connectivity index (χ3v) is 9.75. The van der Waals surface area contributed by atoms with E-state index in [1.165, 1.54) is 10.3 Å². The van der Waals surface area contributed by atoms with Gasteiger partial charge in [0.05, 0.1) is 25.1 Å². The van der Waals surface area contributed by atoms with Gasteiger partial charge in [-0.2, -0.15) is 0 Å². The van der Waals surface area contributed by atoms with Gasteiger partial charge in [0.2, 0.25) is 5.88 Å². The van der Waals surface area contributed by atoms with Gasteiger partial charge in [0.25, 0.3) is 0 Å². The lowest BCUT2D eigenvalue weighted by Crippen LogP contribution is -2.32. The Labute approximate surface area is 273 Å². The molecule has 10 nitrogen and oxygen atoms in total. The highest BCUT2D eigenvalue weighted by Crippen LogP contribution is 2.38. The molecule has 6 rings (SSSR count). The molecule has 242 valence electrons. The van der Waals surface area contributed by atoms with Crippen molar-refractivity contribution in [3.8, 4) is 11.6 Å². The molecule has 11 heteroatoms. The SMILES string of the molecule is CCOC(=O)C[C@@H](c1cc(CN2Cc3nc(O)ccc3O[C@H](CC)C2)c2sccc2c1)c1ccc2c(nnn2CCN(C)C)c1C. The molecule has 1 N–H and O–H groups in total. The maximum atomic E-state index is 13.1. The number of benzene rings is 2. The lowest BCUT2D eigenvalue weighted by molar-refractivity contribution is -0.143. The van der Waals surface area contributed by atoms with Gasteiger partial charge in [-0.1, -0.05) is 24.3 Å². The number of fused-ring (bicyclic) bond motifs is 3. The Morgan fingerprint density at radius 1 is 1.20 bits per heavy atom. The third-order valence-electron chi connectivity index (χ3n) is 8.74. The zero-order valence-electron chi connectivity index (χ0n) is 27.2. The Morgan fingerprint density at radius 3 is 2.83 bits per heavy atom. The molecule has 0 bridgehead atoms. The minimum absolute atomic E-state index is 0.00619. The second kappa shape index (κ2) is 13.7. The van der Waals surface area contributed by atoms with E-state index in [9.17, 15) is 9.90 Å². The predicted octanol–water partition coefficient (Wildman–Crippen LogP) is 5.87. The second-order valence-electron chi connectivity index (χ2n) is 12.3. The quantitative estimate of drug-likeness (QED) is 0.177. The summed E-state index contributed by atoms with van der Waals surface area (Å²) in [5, 5.41) is 22.4. The number of ether oxygens (including phenoxy) is 2. The average Bonchev–Trinajstić information content (AvgIpc) is 3.63. The van der Waals surface area contributed by atoms with Crippen molar-refractivity contribution in [2.75, 3.05) is 33.8 Å². The summed E-state index contributed by atoms with van der Waals surface area (Å²) in [6.07, 6.45) is 1.08. The van der Waals surface area contributed by atoms with Gasteiger partial charge in [0, 0.05) is 42.9 Å². The molecule has 0 saturated carbocycles. The number of pyridine rings is 1. The summed E-state index contributed by atoms with van der Waals surface area (Å²) in [6.45, 7) is 9.94. The number of thiophene rings is 1. The van der Waals surface area contributed by atoms with E-state index in [1.807, 2.05) is 31.8 Å². The van der Waals surface area contributed by atoms with E-state index < -0.39 is 0 Å². The van der Waals surface area contributed by atoms with Gasteiger partial charge in [-0.25, -0.2) is 9.67 Å². The standard InChI is InChI=1S/C35H42N6O4S/c1-6-26-20-40(21-29-31(45-26)10-11-32(42)36-29)19-25-17-24(16-23-12-15-46-35(23)25)28(18-33(43)44-7-2)27-8-9-30-34(22(27)3)37-38-41(30)14-13-39(4)5/h8-12,15-17,26,28H,6-7,13-14,18-21H2,1-5H3,(H,36,42)/t26-,28+/m1/s1. The van der Waals surface area contributed by atoms with Crippen LogP contribution in [0.4, 0.5) is 0 Å². The first-order valence-electron chi connectivity index (χ1n) is 15.9. The van der Waals surface area contributed by atoms with Crippen molar-refractivity contribution in [1.82, 2.24) is 29.8 Å². The largest absolute Gasteiger partial charge is 0.493 e. The van der Waals surface area contributed by atoms with E-state index in [1.54, 1.807) is 17.4 Å². The normalized spacial score (nSPS) is 16.0. The maximum absolute atomic E-state index is 13.1. The van der Waals surface area contributed by atoms with Crippen molar-refractivity contribution in [1.29, 1.82) is 0 Å². The van der Waals surface area contributed by atoms with Crippen LogP contribution in [0.2, 0.25) is 0 Å². The van der Waals surface area contributed by atoms with Crippen LogP contribution in [-0.2, 0) is 29.2 Å². The van der Waals surface area contributed by atoms with Crippen LogP contribution in [0.3, 0.4) is 0 Å². The minimum Gasteiger partial charge on any atom is -0.493 e. The summed E-state index contributed by atoms with van der Waals surface area (Å²) in [5.41, 5.74) is 6.88. The van der Waals surface area contributed by atoms with Gasteiger partial charge in [-0.05, 0) is 91.6 Å². The summed E-state index contributed by atoms with van der Waals surface area (Å²) in [5.74, 6) is 0.258. The van der Waals surface area contributed by atoms with Crippen molar-refractivity contribution in [2.24, 2.45) is 0 Å². The molecule has 0 aliphatic carbocycles. The number of aromatic nitrogens is 4. The molecule has 4 heterocycles. The molecule has 1 aliphatic rings. The van der Waals surface area contributed by atoms with E-state index >= 15 is 0 Å². The Balaban J connectivity index is 1.40. The summed E-state index contributed by atoms with van der Waals surface area (Å²) >= 11 is 1.73. The molecule has 3 aromatic heterocycles. The second-order valence-corrected chi connectivity index (χ2v) is 13.2. The number of nitrogens with zero attached hydrogens (tertiary/aromatic N) is 6. The van der Waals surface area contributed by atoms with Crippen molar-refractivity contribution in [2.45, 2.75) is 65.3 Å². The molecule has 0 unspecified atom stereocenters. The van der Waals surface area contributed by atoms with E-state index in [-0.39, 0.29) is 30.3 Å². The summed E-state index contributed by atoms with van der Waals surface area (Å²) < 4.78 is 14.9. The predicted molar refractivity (Wildman–Crippen MR) is 180 cm³/mol. The van der Waals surface area contributed by atoms with Crippen molar-refractivity contribution < 1.29 is 19.4 Å². The van der Waals surface area contributed by atoms with Crippen LogP contribution in [0, 0.1) is 6.92 Å². The van der Waals surface area contributed by atoms with Gasteiger partial charge in [0.1, 0.15) is 23.1 Å². The molecule has 5 aromatic rings. The Morgan fingerprint density at radius 2 is 2.04 bits per heavy atom. The monoisotopic (exact) mass is 642 g/mol. The summed E-state index contributed by atoms with van der Waals surface area (Å²) in [6, 6.07) is 14.2. The number of aromatic hydroxyl groups is 1. The zero-order chi connectivity index (χ0) is 32.4. The number of hydrogen-bond donors (Lipinski definition) is 1. The lowest BCUT2D eigenvalue weighted by Gasteiger charge is -2.25. The van der Waals surface area contributed by atoms with E-state index in [4.69, 9.17) is 9.47 Å². The lowest BCUT2D eigenvalue weighted by atomic mass is 9.84. The highest BCUT2D eigenvalue weighted by atomic mass is 32.1. The smallest absolute Gasteiger partial charge is 0.306 e. The van der Waals surface area contributed by atoms with Crippen LogP contribution in [0.15, 0.2) is 47.8 Å². The van der Waals surface area contributed by atoms with Gasteiger partial charge in [-0.15, -0.1) is 16.4 Å². The molecule has 1 aliphatic heterocycles. The van der Waals surface area contributed by atoms with Gasteiger partial charge in [0.15, 0.2) is 0 Å². The van der Waals surface area contributed by atoms with Crippen molar-refractivity contribution in [3.05, 3.63) is 75.8 Å². The Bertz CT molecular complexity index is 1850. The van der Waals surface area contributed by atoms with Crippen LogP contribution in [-0.4, -0.2) is 80.7 Å². The number of carbonyl (C=O) groups is 1. The van der Waals surface area contributed by atoms with E-state index in [0.717, 1.165) is 70.6 Å². The highest BCUT2D eigenvalue weighted by Gasteiger charge is 2.27. The zero-order valence-corrected chi connectivity index (χ0v) is 28.0. The molecule has 2 aromatic carbocycles. The average molecular weight is 643 g/mol. The summed E-state index contributed by atoms with van der Waals surface area (Å²) in [7, 11) is 4.09. The topological polar surface area (TPSA) is 106 Å². The van der Waals surface area contributed by atoms with Crippen LogP contribution >= 0.6 is 11.3 Å². The first kappa shape index (κ1) is 31.9. The third kappa shape index (κ3) is 6.72. The molecule has 0 amide bonds. The van der Waals surface area contributed by atoms with Gasteiger partial charge >= 0.3 is 5.97 Å². The number of carbonyl (C=O) groups excluding carboxylic acids is 1. The maximum Gasteiger partial charge on any atom is 0.306 e. The molecule has 46 heavy (non-hydrogen) atoms. The van der Waals surface area contributed by atoms with Crippen LogP contribution in [0.1, 0.15) is 60.6 Å². The van der Waals surface area contributed by atoms with E-state index in [2.05, 4.69) is 74.7 Å². The van der Waals surface area contributed by atoms with Crippen LogP contribution < -0.4 is 4.74 Å². The fourth-order valence-corrected chi connectivity index (χ4v) is 7.26. The molecule has 0 saturated heterocycles. The molecule has 2 atom stereocenters. The first-order valence-corrected chi connectivity index (χ1v) is 16.8. The Hall–Kier alpha value is -4.06. The Kier molecular flexibility index (Phi) is 9.53. The fourth-order valence-electron chi connectivity index (χ4n) is 6.37. The minimum atomic E-state index is -0.230. The molecular formula is C35H42N6O4S. The van der Waals surface area contributed by atoms with Crippen LogP contribution in [0.25, 0.3) is 21.1 Å². The number of aryl methyl sites for hydroxylation is 1. The van der Waals surface area contributed by atoms with Gasteiger partial charge in [-0.3, -0.25) is 9.69 Å². The molecular weight excluding hydrogens is 600 g/mol. The van der Waals surface area contributed by atoms with Crippen molar-refractivity contribution >= 4 is 38.4 Å². The number of rotatable bonds is 11. The molecule has 0 spiro atoms. The number of likely N-dealkylation sites (N-methyl/N-ethyl adjacent to an activating group) is 1. The van der Waals surface area contributed by atoms with Crippen LogP contribution in [0.5, 0.6) is 11.6 Å². The van der Waals surface area contributed by atoms with Crippen molar-refractivity contribution in [3.63, 3.8) is 0 Å². The van der Waals surface area contributed by atoms with Gasteiger partial charge < -0.3 is 19.5 Å². The number of hydrogen-bond acceptors (Lipinski definition) is 10.